The molecular formula is C4H12Sn-3. The number of unbranched alkanes of at least 4 members (excludes halogenated alkanes) is 1. The van der Waals surface area contributed by atoms with E-state index in [0.717, 1.165) is 0 Å². The standard InChI is InChI=1S/C4H9.Sn.3H/c1-3-4-2;;;;/h1,3-4H2,2H3;;;;/q;;3*-1. The SMILES string of the molecule is CCC[CH2][Sn].[H-].[H-].[H-]. The van der Waals surface area contributed by atoms with Crippen LogP contribution in [0, 0.1) is 0 Å². The molecule has 35 valence electrons. The minimum atomic E-state index is 0. The van der Waals surface area contributed by atoms with Gasteiger partial charge in [-0.25, -0.2) is 0 Å². The van der Waals surface area contributed by atoms with Crippen LogP contribution in [0.5, 0.6) is 0 Å². The normalized spacial score (nSPS) is 8.40. The van der Waals surface area contributed by atoms with E-state index in [0.29, 0.717) is 0 Å². The Balaban J connectivity index is -0.0000000267. The fourth-order valence-corrected chi connectivity index (χ4v) is 1.19. The average Bonchev–Trinajstić information content (AvgIpc) is 1.41. The van der Waals surface area contributed by atoms with Crippen LogP contribution in [0.2, 0.25) is 4.44 Å². The maximum atomic E-state index is 2.23. The minimum Gasteiger partial charge on any atom is -1.00 e. The Kier molecular flexibility index (Phi) is 5.57. The molecule has 0 rings (SSSR count). The molecule has 0 aromatic rings. The van der Waals surface area contributed by atoms with Gasteiger partial charge in [-0.05, 0) is 0 Å². The Bertz CT molecular complexity index is 18.8. The third-order valence-corrected chi connectivity index (χ3v) is 1.54. The molecule has 0 bridgehead atoms. The molecule has 0 aliphatic heterocycles. The predicted octanol–water partition coefficient (Wildman–Crippen LogP) is 1.71. The molecule has 3 radical (unpaired) electrons. The Labute approximate surface area is 51.5 Å². The van der Waals surface area contributed by atoms with E-state index in [1.54, 1.807) is 22.5 Å². The Morgan fingerprint density at radius 1 is 1.80 bits per heavy atom. The summed E-state index contributed by atoms with van der Waals surface area (Å²) in [4.78, 5) is 0. The van der Waals surface area contributed by atoms with Gasteiger partial charge in [0.1, 0.15) is 0 Å². The maximum absolute atomic E-state index is 2.23. The summed E-state index contributed by atoms with van der Waals surface area (Å²) < 4.78 is 1.43. The van der Waals surface area contributed by atoms with Gasteiger partial charge < -0.3 is 4.28 Å². The molecule has 0 saturated heterocycles. The molecule has 0 aliphatic rings. The first-order chi connectivity index (χ1) is 2.41. The summed E-state index contributed by atoms with van der Waals surface area (Å²) in [6.07, 6.45) is 2.80. The fourth-order valence-electron chi connectivity index (χ4n) is 0.177. The molecule has 1 heteroatoms. The minimum absolute atomic E-state index is 0. The molecule has 5 heavy (non-hydrogen) atoms. The van der Waals surface area contributed by atoms with Crippen LogP contribution >= 0.6 is 0 Å². The third-order valence-electron chi connectivity index (χ3n) is 0.530. The molecule has 0 saturated carbocycles. The second kappa shape index (κ2) is 4.80. The van der Waals surface area contributed by atoms with Crippen molar-refractivity contribution in [3.05, 3.63) is 0 Å². The molecular weight excluding hydrogens is 167 g/mol. The quantitative estimate of drug-likeness (QED) is 0.565. The van der Waals surface area contributed by atoms with E-state index in [-0.39, 0.29) is 4.28 Å². The molecule has 0 atom stereocenters. The molecule has 0 amide bonds. The van der Waals surface area contributed by atoms with Crippen molar-refractivity contribution in [2.45, 2.75) is 24.2 Å². The van der Waals surface area contributed by atoms with Crippen molar-refractivity contribution < 1.29 is 4.28 Å². The summed E-state index contributed by atoms with van der Waals surface area (Å²) >= 11 is 1.68. The second-order valence-electron chi connectivity index (χ2n) is 1.10. The largest absolute Gasteiger partial charge is 1.00 e. The van der Waals surface area contributed by atoms with Gasteiger partial charge in [-0.15, -0.1) is 0 Å². The van der Waals surface area contributed by atoms with Gasteiger partial charge in [0.15, 0.2) is 0 Å². The number of hydrogen-bond acceptors (Lipinski definition) is 0. The van der Waals surface area contributed by atoms with Crippen LogP contribution in [-0.2, 0) is 0 Å². The van der Waals surface area contributed by atoms with Crippen molar-refractivity contribution >= 4 is 22.5 Å². The van der Waals surface area contributed by atoms with E-state index in [1.807, 2.05) is 0 Å². The second-order valence-corrected chi connectivity index (χ2v) is 2.53. The van der Waals surface area contributed by atoms with Gasteiger partial charge in [-0.3, -0.25) is 0 Å². The Morgan fingerprint density at radius 3 is 2.40 bits per heavy atom. The van der Waals surface area contributed by atoms with Crippen LogP contribution in [0.25, 0.3) is 0 Å². The summed E-state index contributed by atoms with van der Waals surface area (Å²) in [5, 5.41) is 0. The molecule has 0 heterocycles. The molecule has 0 fully saturated rings. The van der Waals surface area contributed by atoms with Gasteiger partial charge >= 0.3 is 46.7 Å². The first-order valence-corrected chi connectivity index (χ1v) is 4.08. The van der Waals surface area contributed by atoms with Gasteiger partial charge in [-0.1, -0.05) is 0 Å². The molecule has 0 aromatic heterocycles. The van der Waals surface area contributed by atoms with Crippen molar-refractivity contribution in [3.8, 4) is 0 Å². The summed E-state index contributed by atoms with van der Waals surface area (Å²) in [6, 6.07) is 0. The maximum Gasteiger partial charge on any atom is -1.00 e. The first kappa shape index (κ1) is 5.80. The molecule has 0 spiro atoms. The van der Waals surface area contributed by atoms with E-state index < -0.39 is 0 Å². The van der Waals surface area contributed by atoms with Crippen LogP contribution in [-0.4, -0.2) is 22.5 Å². The average molecular weight is 179 g/mol. The molecule has 0 nitrogen and oxygen atoms in total. The van der Waals surface area contributed by atoms with E-state index in [2.05, 4.69) is 6.92 Å². The Morgan fingerprint density at radius 2 is 2.40 bits per heavy atom. The van der Waals surface area contributed by atoms with Gasteiger partial charge in [0.25, 0.3) is 0 Å². The van der Waals surface area contributed by atoms with E-state index in [1.165, 1.54) is 17.3 Å². The first-order valence-electron chi connectivity index (χ1n) is 2.06. The van der Waals surface area contributed by atoms with E-state index in [4.69, 9.17) is 0 Å². The van der Waals surface area contributed by atoms with Crippen LogP contribution in [0.1, 0.15) is 24.0 Å². The summed E-state index contributed by atoms with van der Waals surface area (Å²) in [7, 11) is 0. The van der Waals surface area contributed by atoms with Crippen LogP contribution in [0.4, 0.5) is 0 Å². The zero-order valence-electron chi connectivity index (χ0n) is 6.62. The van der Waals surface area contributed by atoms with Crippen molar-refractivity contribution in [1.29, 1.82) is 0 Å². The van der Waals surface area contributed by atoms with Gasteiger partial charge in [0.2, 0.25) is 0 Å². The van der Waals surface area contributed by atoms with Crippen molar-refractivity contribution in [1.82, 2.24) is 0 Å². The monoisotopic (exact) mass is 180 g/mol. The van der Waals surface area contributed by atoms with Crippen LogP contribution in [0.15, 0.2) is 0 Å². The van der Waals surface area contributed by atoms with Gasteiger partial charge in [-0.2, -0.15) is 0 Å². The number of rotatable bonds is 2. The summed E-state index contributed by atoms with van der Waals surface area (Å²) in [5.74, 6) is 0. The molecule has 0 aromatic carbocycles. The van der Waals surface area contributed by atoms with Crippen molar-refractivity contribution in [3.63, 3.8) is 0 Å². The van der Waals surface area contributed by atoms with Gasteiger partial charge in [0.05, 0.1) is 0 Å². The summed E-state index contributed by atoms with van der Waals surface area (Å²) in [5.41, 5.74) is 0. The van der Waals surface area contributed by atoms with E-state index >= 15 is 0 Å². The van der Waals surface area contributed by atoms with Gasteiger partial charge in [0, 0.05) is 0 Å². The summed E-state index contributed by atoms with van der Waals surface area (Å²) in [6.45, 7) is 2.23. The number of hydrogen-bond donors (Lipinski definition) is 0. The van der Waals surface area contributed by atoms with Crippen LogP contribution in [0.3, 0.4) is 0 Å². The Hall–Kier alpha value is 0.799. The van der Waals surface area contributed by atoms with Crippen molar-refractivity contribution in [2.24, 2.45) is 0 Å². The topological polar surface area (TPSA) is 0 Å². The molecule has 0 aliphatic carbocycles. The molecule has 0 N–H and O–H groups in total. The van der Waals surface area contributed by atoms with E-state index in [9.17, 15) is 0 Å². The fraction of sp³-hybridized carbons (Fsp3) is 1.00. The zero-order valence-corrected chi connectivity index (χ0v) is 6.48. The molecule has 0 unspecified atom stereocenters. The third kappa shape index (κ3) is 4.80. The van der Waals surface area contributed by atoms with Crippen molar-refractivity contribution in [2.75, 3.05) is 0 Å². The zero-order chi connectivity index (χ0) is 4.12. The predicted molar refractivity (Wildman–Crippen MR) is 28.8 cm³/mol. The van der Waals surface area contributed by atoms with Crippen LogP contribution < -0.4 is 0 Å². The smallest absolute Gasteiger partial charge is 1.00 e.